The molecule has 0 aliphatic carbocycles. The lowest BCUT2D eigenvalue weighted by atomic mass is 9.95. The predicted octanol–water partition coefficient (Wildman–Crippen LogP) is 3.36. The minimum absolute atomic E-state index is 0.108. The maximum absolute atomic E-state index is 11.7. The highest BCUT2D eigenvalue weighted by Gasteiger charge is 2.54. The van der Waals surface area contributed by atoms with E-state index < -0.39 is 8.56 Å². The number of carbonyl (C=O) groups excluding carboxylic acids is 1. The molecule has 134 valence electrons. The lowest BCUT2D eigenvalue weighted by molar-refractivity contribution is -0.149. The SMILES string of the molecule is C=CC(=O)OC(CC)C1CCC[Si](OCC)(OCC)C1OCC. The van der Waals surface area contributed by atoms with Gasteiger partial charge in [-0.05, 0) is 39.7 Å². The van der Waals surface area contributed by atoms with Gasteiger partial charge in [0.05, 0.1) is 0 Å². The van der Waals surface area contributed by atoms with Crippen molar-refractivity contribution in [2.45, 2.75) is 64.8 Å². The molecular weight excluding hydrogens is 312 g/mol. The molecule has 0 spiro atoms. The van der Waals surface area contributed by atoms with Crippen LogP contribution < -0.4 is 0 Å². The molecule has 0 saturated carbocycles. The molecule has 1 heterocycles. The first-order valence-electron chi connectivity index (χ1n) is 8.80. The van der Waals surface area contributed by atoms with Crippen LogP contribution in [0.1, 0.15) is 47.0 Å². The van der Waals surface area contributed by atoms with Crippen molar-refractivity contribution in [2.24, 2.45) is 5.92 Å². The summed E-state index contributed by atoms with van der Waals surface area (Å²) in [6.07, 6.45) is 3.75. The molecule has 0 amide bonds. The highest BCUT2D eigenvalue weighted by Crippen LogP contribution is 2.39. The van der Waals surface area contributed by atoms with Crippen LogP contribution in [0, 0.1) is 5.92 Å². The molecule has 23 heavy (non-hydrogen) atoms. The van der Waals surface area contributed by atoms with Gasteiger partial charge in [0, 0.05) is 31.8 Å². The van der Waals surface area contributed by atoms with Crippen LogP contribution in [0.5, 0.6) is 0 Å². The summed E-state index contributed by atoms with van der Waals surface area (Å²) in [5.41, 5.74) is -0.108. The van der Waals surface area contributed by atoms with Crippen LogP contribution in [0.2, 0.25) is 6.04 Å². The lowest BCUT2D eigenvalue weighted by Gasteiger charge is -2.45. The summed E-state index contributed by atoms with van der Waals surface area (Å²) < 4.78 is 24.0. The molecule has 1 saturated heterocycles. The third kappa shape index (κ3) is 5.14. The first-order chi connectivity index (χ1) is 11.1. The Bertz CT molecular complexity index is 362. The zero-order chi connectivity index (χ0) is 17.3. The van der Waals surface area contributed by atoms with Crippen LogP contribution in [-0.4, -0.2) is 46.2 Å². The van der Waals surface area contributed by atoms with E-state index in [2.05, 4.69) is 6.58 Å². The van der Waals surface area contributed by atoms with Gasteiger partial charge in [0.25, 0.3) is 0 Å². The van der Waals surface area contributed by atoms with E-state index in [1.807, 2.05) is 27.7 Å². The zero-order valence-electron chi connectivity index (χ0n) is 15.0. The van der Waals surface area contributed by atoms with E-state index in [1.54, 1.807) is 0 Å². The molecule has 0 bridgehead atoms. The molecule has 0 radical (unpaired) electrons. The van der Waals surface area contributed by atoms with E-state index in [1.165, 1.54) is 6.08 Å². The third-order valence-corrected chi connectivity index (χ3v) is 8.39. The summed E-state index contributed by atoms with van der Waals surface area (Å²) in [7, 11) is -2.48. The van der Waals surface area contributed by atoms with Crippen LogP contribution in [-0.2, 0) is 23.1 Å². The second-order valence-corrected chi connectivity index (χ2v) is 8.97. The maximum atomic E-state index is 11.7. The topological polar surface area (TPSA) is 54.0 Å². The van der Waals surface area contributed by atoms with Crippen molar-refractivity contribution < 1.29 is 23.1 Å². The van der Waals surface area contributed by atoms with E-state index in [0.29, 0.717) is 19.8 Å². The molecule has 5 nitrogen and oxygen atoms in total. The number of hydrogen-bond donors (Lipinski definition) is 0. The minimum Gasteiger partial charge on any atom is -0.459 e. The Balaban J connectivity index is 3.06. The summed E-state index contributed by atoms with van der Waals surface area (Å²) in [6.45, 7) is 13.3. The van der Waals surface area contributed by atoms with Crippen molar-refractivity contribution in [1.82, 2.24) is 0 Å². The smallest absolute Gasteiger partial charge is 0.368 e. The fourth-order valence-corrected chi connectivity index (χ4v) is 7.64. The molecule has 1 aliphatic rings. The Labute approximate surface area is 141 Å². The van der Waals surface area contributed by atoms with Gasteiger partial charge in [-0.3, -0.25) is 0 Å². The molecule has 1 aliphatic heterocycles. The molecule has 3 atom stereocenters. The van der Waals surface area contributed by atoms with Gasteiger partial charge in [-0.2, -0.15) is 0 Å². The third-order valence-electron chi connectivity index (χ3n) is 4.32. The van der Waals surface area contributed by atoms with Gasteiger partial charge in [-0.25, -0.2) is 4.79 Å². The van der Waals surface area contributed by atoms with E-state index in [0.717, 1.165) is 25.3 Å². The van der Waals surface area contributed by atoms with E-state index in [4.69, 9.17) is 18.3 Å². The van der Waals surface area contributed by atoms with Crippen molar-refractivity contribution in [2.75, 3.05) is 19.8 Å². The highest BCUT2D eigenvalue weighted by molar-refractivity contribution is 6.69. The zero-order valence-corrected chi connectivity index (χ0v) is 16.0. The second-order valence-electron chi connectivity index (χ2n) is 5.70. The summed E-state index contributed by atoms with van der Waals surface area (Å²) in [5.74, 6) is -0.264. The fourth-order valence-electron chi connectivity index (χ4n) is 3.52. The Morgan fingerprint density at radius 2 is 1.87 bits per heavy atom. The molecular formula is C17H32O5Si. The van der Waals surface area contributed by atoms with Gasteiger partial charge < -0.3 is 18.3 Å². The second kappa shape index (κ2) is 10.2. The van der Waals surface area contributed by atoms with E-state index in [9.17, 15) is 4.79 Å². The van der Waals surface area contributed by atoms with Crippen LogP contribution in [0.25, 0.3) is 0 Å². The highest BCUT2D eigenvalue weighted by atomic mass is 28.4. The number of ether oxygens (including phenoxy) is 2. The quantitative estimate of drug-likeness (QED) is 0.345. The van der Waals surface area contributed by atoms with Gasteiger partial charge in [-0.15, -0.1) is 0 Å². The standard InChI is InChI=1S/C17H32O5Si/c1-6-15(22-16(18)7-2)14-12-11-13-23(20-9-4,21-10-5)17(14)19-8-3/h7,14-15,17H,2,6,8-13H2,1,3-5H3. The van der Waals surface area contributed by atoms with Crippen LogP contribution >= 0.6 is 0 Å². The largest absolute Gasteiger partial charge is 0.459 e. The summed E-state index contributed by atoms with van der Waals surface area (Å²) in [4.78, 5) is 11.7. The Morgan fingerprint density at radius 3 is 2.35 bits per heavy atom. The molecule has 1 rings (SSSR count). The molecule has 3 unspecified atom stereocenters. The van der Waals surface area contributed by atoms with Crippen molar-refractivity contribution >= 4 is 14.5 Å². The summed E-state index contributed by atoms with van der Waals surface area (Å²) >= 11 is 0. The van der Waals surface area contributed by atoms with Crippen LogP contribution in [0.4, 0.5) is 0 Å². The number of rotatable bonds is 10. The molecule has 1 fully saturated rings. The summed E-state index contributed by atoms with van der Waals surface area (Å²) in [6, 6.07) is 0.932. The fraction of sp³-hybridized carbons (Fsp3) is 0.824. The van der Waals surface area contributed by atoms with E-state index >= 15 is 0 Å². The molecule has 0 aromatic carbocycles. The molecule has 0 aromatic rings. The molecule has 6 heteroatoms. The maximum Gasteiger partial charge on any atom is 0.368 e. The number of esters is 1. The van der Waals surface area contributed by atoms with Gasteiger partial charge >= 0.3 is 14.5 Å². The monoisotopic (exact) mass is 344 g/mol. The Hall–Kier alpha value is -0.693. The van der Waals surface area contributed by atoms with Gasteiger partial charge in [0.1, 0.15) is 11.8 Å². The lowest BCUT2D eigenvalue weighted by Crippen LogP contribution is -2.62. The van der Waals surface area contributed by atoms with Crippen LogP contribution in [0.3, 0.4) is 0 Å². The average Bonchev–Trinajstić information content (AvgIpc) is 2.55. The first-order valence-corrected chi connectivity index (χ1v) is 10.9. The van der Waals surface area contributed by atoms with Gasteiger partial charge in [-0.1, -0.05) is 19.9 Å². The Morgan fingerprint density at radius 1 is 1.22 bits per heavy atom. The number of carbonyl (C=O) groups is 1. The summed E-state index contributed by atoms with van der Waals surface area (Å²) in [5, 5.41) is 0. The predicted molar refractivity (Wildman–Crippen MR) is 92.3 cm³/mol. The van der Waals surface area contributed by atoms with Crippen molar-refractivity contribution in [3.8, 4) is 0 Å². The molecule has 0 aromatic heterocycles. The van der Waals surface area contributed by atoms with E-state index in [-0.39, 0.29) is 23.7 Å². The van der Waals surface area contributed by atoms with Gasteiger partial charge in [0.15, 0.2) is 0 Å². The number of hydrogen-bond acceptors (Lipinski definition) is 5. The van der Waals surface area contributed by atoms with Crippen LogP contribution in [0.15, 0.2) is 12.7 Å². The Kier molecular flexibility index (Phi) is 9.05. The van der Waals surface area contributed by atoms with Crippen molar-refractivity contribution in [1.29, 1.82) is 0 Å². The average molecular weight is 345 g/mol. The van der Waals surface area contributed by atoms with Gasteiger partial charge in [0.2, 0.25) is 0 Å². The van der Waals surface area contributed by atoms with Crippen molar-refractivity contribution in [3.05, 3.63) is 12.7 Å². The normalized spacial score (nSPS) is 24.9. The first kappa shape index (κ1) is 20.4. The molecule has 0 N–H and O–H groups in total. The minimum atomic E-state index is -2.48. The van der Waals surface area contributed by atoms with Crippen molar-refractivity contribution in [3.63, 3.8) is 0 Å².